The van der Waals surface area contributed by atoms with Gasteiger partial charge in [-0.15, -0.1) is 0 Å². The van der Waals surface area contributed by atoms with Crippen molar-refractivity contribution >= 4 is 55.1 Å². The lowest BCUT2D eigenvalue weighted by Gasteiger charge is -2.21. The zero-order valence-corrected chi connectivity index (χ0v) is 24.7. The molecule has 0 aliphatic heterocycles. The predicted octanol–water partition coefficient (Wildman–Crippen LogP) is 11.8. The second-order valence-corrected chi connectivity index (χ2v) is 12.3. The van der Waals surface area contributed by atoms with Crippen molar-refractivity contribution in [1.29, 1.82) is 0 Å². The summed E-state index contributed by atoms with van der Waals surface area (Å²) in [6, 6.07) is 39.4. The van der Waals surface area contributed by atoms with E-state index in [-0.39, 0.29) is 5.41 Å². The van der Waals surface area contributed by atoms with Gasteiger partial charge in [-0.25, -0.2) is 9.69 Å². The number of furan rings is 1. The third-order valence-corrected chi connectivity index (χ3v) is 9.61. The molecule has 0 amide bonds. The van der Waals surface area contributed by atoms with E-state index in [1.165, 1.54) is 22.3 Å². The van der Waals surface area contributed by atoms with Crippen molar-refractivity contribution in [2.45, 2.75) is 19.3 Å². The molecule has 0 saturated heterocycles. The van der Waals surface area contributed by atoms with E-state index in [1.54, 1.807) is 0 Å². The highest BCUT2D eigenvalue weighted by atomic mass is 16.3. The molecular weight excluding hydrogens is 550 g/mol. The smallest absolute Gasteiger partial charge is 0.196 e. The predicted molar refractivity (Wildman–Crippen MR) is 184 cm³/mol. The number of para-hydroxylation sites is 1. The van der Waals surface area contributed by atoms with Crippen molar-refractivity contribution in [2.24, 2.45) is 0 Å². The van der Waals surface area contributed by atoms with Gasteiger partial charge in [0.2, 0.25) is 0 Å². The van der Waals surface area contributed by atoms with Gasteiger partial charge in [0, 0.05) is 38.4 Å². The van der Waals surface area contributed by atoms with Gasteiger partial charge in [0.25, 0.3) is 0 Å². The molecule has 0 atom stereocenters. The van der Waals surface area contributed by atoms with E-state index >= 15 is 0 Å². The van der Waals surface area contributed by atoms with Crippen LogP contribution >= 0.6 is 0 Å². The van der Waals surface area contributed by atoms with Crippen molar-refractivity contribution in [1.82, 2.24) is 4.57 Å². The Kier molecular flexibility index (Phi) is 5.06. The number of benzene rings is 6. The molecule has 1 aliphatic rings. The maximum atomic E-state index is 8.15. The summed E-state index contributed by atoms with van der Waals surface area (Å²) in [6.07, 6.45) is 0. The quantitative estimate of drug-likeness (QED) is 0.188. The molecule has 45 heavy (non-hydrogen) atoms. The van der Waals surface area contributed by atoms with E-state index in [9.17, 15) is 0 Å². The van der Waals surface area contributed by atoms with Crippen LogP contribution in [-0.4, -0.2) is 4.57 Å². The highest BCUT2D eigenvalue weighted by molar-refractivity contribution is 6.13. The van der Waals surface area contributed by atoms with Crippen molar-refractivity contribution in [3.05, 3.63) is 149 Å². The molecule has 0 fully saturated rings. The van der Waals surface area contributed by atoms with Gasteiger partial charge in [0.15, 0.2) is 11.4 Å². The van der Waals surface area contributed by atoms with Gasteiger partial charge in [0.1, 0.15) is 11.2 Å². The Hall–Kier alpha value is -6.10. The van der Waals surface area contributed by atoms with Crippen LogP contribution in [0.2, 0.25) is 0 Å². The van der Waals surface area contributed by atoms with Gasteiger partial charge < -0.3 is 8.98 Å². The fraction of sp³-hybridized carbons (Fsp3) is 0.0732. The topological polar surface area (TPSA) is 26.8 Å². The largest absolute Gasteiger partial charge is 0.456 e. The normalized spacial score (nSPS) is 13.2. The number of hydrogen-bond acceptors (Lipinski definition) is 1. The minimum atomic E-state index is -0.185. The van der Waals surface area contributed by atoms with Gasteiger partial charge in [-0.3, -0.25) is 0 Å². The molecule has 2 aromatic heterocycles. The van der Waals surface area contributed by atoms with Crippen molar-refractivity contribution in [3.8, 4) is 27.9 Å². The van der Waals surface area contributed by atoms with Gasteiger partial charge in [-0.2, -0.15) is 0 Å². The molecule has 0 bridgehead atoms. The summed E-state index contributed by atoms with van der Waals surface area (Å²) in [5, 5.41) is 4.21. The monoisotopic (exact) mass is 575 g/mol. The summed E-state index contributed by atoms with van der Waals surface area (Å²) in [7, 11) is 0. The zero-order chi connectivity index (χ0) is 30.4. The molecule has 6 aromatic carbocycles. The summed E-state index contributed by atoms with van der Waals surface area (Å²) in [4.78, 5) is 7.68. The fourth-order valence-corrected chi connectivity index (χ4v) is 7.63. The third kappa shape index (κ3) is 3.34. The Morgan fingerprint density at radius 2 is 1.47 bits per heavy atom. The van der Waals surface area contributed by atoms with E-state index in [4.69, 9.17) is 17.6 Å². The van der Waals surface area contributed by atoms with Crippen LogP contribution in [0.4, 0.5) is 11.4 Å². The molecule has 8 aromatic rings. The van der Waals surface area contributed by atoms with Crippen LogP contribution in [0, 0.1) is 13.1 Å². The van der Waals surface area contributed by atoms with Crippen LogP contribution in [-0.2, 0) is 5.41 Å². The molecule has 4 heteroatoms. The van der Waals surface area contributed by atoms with E-state index in [0.717, 1.165) is 60.6 Å². The average Bonchev–Trinajstić information content (AvgIpc) is 3.69. The van der Waals surface area contributed by atoms with Crippen LogP contribution in [0.5, 0.6) is 0 Å². The number of aromatic nitrogens is 1. The Morgan fingerprint density at radius 1 is 0.644 bits per heavy atom. The molecule has 4 nitrogen and oxygen atoms in total. The molecule has 1 aliphatic carbocycles. The van der Waals surface area contributed by atoms with Crippen molar-refractivity contribution in [3.63, 3.8) is 0 Å². The summed E-state index contributed by atoms with van der Waals surface area (Å²) in [5.74, 6) is 0. The highest BCUT2D eigenvalue weighted by Gasteiger charge is 2.38. The summed E-state index contributed by atoms with van der Waals surface area (Å²) >= 11 is 0. The van der Waals surface area contributed by atoms with Gasteiger partial charge in [0.05, 0.1) is 24.2 Å². The SMILES string of the molecule is [C-]#[N+]c1ccc2c(c1)c1ccccc1n2-c1cccc([N+]#[C-])c1-c1ccc2oc3c4c(ccc3c2c1)-c1ccccc1C4(C)C. The van der Waals surface area contributed by atoms with Crippen molar-refractivity contribution < 1.29 is 4.42 Å². The fourth-order valence-electron chi connectivity index (χ4n) is 7.63. The van der Waals surface area contributed by atoms with Crippen LogP contribution in [0.25, 0.3) is 81.4 Å². The molecule has 0 radical (unpaired) electrons. The second kappa shape index (κ2) is 8.96. The minimum Gasteiger partial charge on any atom is -0.456 e. The minimum absolute atomic E-state index is 0.185. The van der Waals surface area contributed by atoms with E-state index in [2.05, 4.69) is 94.8 Å². The standard InChI is InChI=1S/C41H25N3O/c1-41(2)32-12-7-5-10-26(32)28-18-19-29-31-22-24(16-21-37(31)45-40(29)39(28)41)38-33(43-4)13-9-15-36(38)44-34-14-8-6-11-27(34)30-23-25(42-3)17-20-35(30)44/h5-23H,1-2H3. The Labute approximate surface area is 260 Å². The molecule has 0 N–H and O–H groups in total. The van der Waals surface area contributed by atoms with Crippen LogP contribution < -0.4 is 0 Å². The zero-order valence-electron chi connectivity index (χ0n) is 24.7. The van der Waals surface area contributed by atoms with Gasteiger partial charge in [-0.1, -0.05) is 86.6 Å². The molecule has 2 heterocycles. The lowest BCUT2D eigenvalue weighted by molar-refractivity contribution is 0.620. The van der Waals surface area contributed by atoms with Gasteiger partial charge >= 0.3 is 0 Å². The molecule has 210 valence electrons. The Bertz CT molecular complexity index is 2650. The second-order valence-electron chi connectivity index (χ2n) is 12.3. The average molecular weight is 576 g/mol. The number of nitrogens with zero attached hydrogens (tertiary/aromatic N) is 3. The van der Waals surface area contributed by atoms with E-state index in [1.807, 2.05) is 48.5 Å². The van der Waals surface area contributed by atoms with Crippen LogP contribution in [0.1, 0.15) is 25.0 Å². The number of rotatable bonds is 2. The molecule has 0 unspecified atom stereocenters. The maximum Gasteiger partial charge on any atom is 0.196 e. The summed E-state index contributed by atoms with van der Waals surface area (Å²) < 4.78 is 8.89. The maximum absolute atomic E-state index is 8.15. The number of hydrogen-bond donors (Lipinski definition) is 0. The summed E-state index contributed by atoms with van der Waals surface area (Å²) in [5.41, 5.74) is 12.6. The Balaban J connectivity index is 1.32. The first-order valence-corrected chi connectivity index (χ1v) is 15.0. The van der Waals surface area contributed by atoms with Crippen LogP contribution in [0.3, 0.4) is 0 Å². The third-order valence-electron chi connectivity index (χ3n) is 9.61. The van der Waals surface area contributed by atoms with Crippen LogP contribution in [0.15, 0.2) is 120 Å². The van der Waals surface area contributed by atoms with E-state index < -0.39 is 0 Å². The van der Waals surface area contributed by atoms with E-state index in [0.29, 0.717) is 11.4 Å². The first-order valence-electron chi connectivity index (χ1n) is 15.0. The highest BCUT2D eigenvalue weighted by Crippen LogP contribution is 2.53. The first-order chi connectivity index (χ1) is 22.0. The van der Waals surface area contributed by atoms with Crippen molar-refractivity contribution in [2.75, 3.05) is 0 Å². The Morgan fingerprint density at radius 3 is 2.33 bits per heavy atom. The molecule has 9 rings (SSSR count). The lowest BCUT2D eigenvalue weighted by Crippen LogP contribution is -2.15. The van der Waals surface area contributed by atoms with Gasteiger partial charge in [-0.05, 0) is 70.1 Å². The lowest BCUT2D eigenvalue weighted by atomic mass is 9.82. The molecule has 0 saturated carbocycles. The molecular formula is C41H25N3O. The summed E-state index contributed by atoms with van der Waals surface area (Å²) in [6.45, 7) is 20.3. The molecule has 0 spiro atoms. The number of fused-ring (bicyclic) bond motifs is 10. The first kappa shape index (κ1) is 25.4.